The van der Waals surface area contributed by atoms with Gasteiger partial charge in [0, 0.05) is 0 Å². The van der Waals surface area contributed by atoms with Gasteiger partial charge in [0.1, 0.15) is 0 Å². The zero-order valence-corrected chi connectivity index (χ0v) is 9.69. The van der Waals surface area contributed by atoms with Crippen LogP contribution < -0.4 is 11.1 Å². The summed E-state index contributed by atoms with van der Waals surface area (Å²) in [6.45, 7) is 6.24. The maximum atomic E-state index is 11.2. The molecule has 1 atom stereocenters. The molecule has 5 heteroatoms. The van der Waals surface area contributed by atoms with Gasteiger partial charge < -0.3 is 15.8 Å². The molecule has 14 heavy (non-hydrogen) atoms. The third-order valence-electron chi connectivity index (χ3n) is 1.59. The Kier molecular flexibility index (Phi) is 6.19. The van der Waals surface area contributed by atoms with Gasteiger partial charge in [-0.2, -0.15) is 0 Å². The second-order valence-electron chi connectivity index (χ2n) is 3.50. The van der Waals surface area contributed by atoms with Crippen molar-refractivity contribution < 1.29 is 9.53 Å². The van der Waals surface area contributed by atoms with E-state index in [0.29, 0.717) is 18.9 Å². The van der Waals surface area contributed by atoms with Crippen molar-refractivity contribution in [3.05, 3.63) is 0 Å². The number of carbonyl (C=O) groups is 1. The minimum atomic E-state index is -0.460. The number of hydrogen-bond acceptors (Lipinski definition) is 3. The molecule has 1 unspecified atom stereocenters. The minimum Gasteiger partial charge on any atom is -0.449 e. The Morgan fingerprint density at radius 1 is 1.57 bits per heavy atom. The van der Waals surface area contributed by atoms with Crippen molar-refractivity contribution in [2.24, 2.45) is 11.7 Å². The van der Waals surface area contributed by atoms with Gasteiger partial charge in [0.2, 0.25) is 0 Å². The summed E-state index contributed by atoms with van der Waals surface area (Å²) < 4.78 is 4.92. The first-order chi connectivity index (χ1) is 6.47. The van der Waals surface area contributed by atoms with E-state index in [4.69, 9.17) is 22.7 Å². The van der Waals surface area contributed by atoms with Crippen molar-refractivity contribution in [3.8, 4) is 0 Å². The van der Waals surface area contributed by atoms with Gasteiger partial charge in [-0.25, -0.2) is 4.79 Å². The Labute approximate surface area is 90.2 Å². The van der Waals surface area contributed by atoms with Gasteiger partial charge >= 0.3 is 6.09 Å². The van der Waals surface area contributed by atoms with Crippen LogP contribution in [0.5, 0.6) is 0 Å². The summed E-state index contributed by atoms with van der Waals surface area (Å²) in [5.41, 5.74) is 5.41. The number of hydrogen-bond donors (Lipinski definition) is 2. The van der Waals surface area contributed by atoms with E-state index in [-0.39, 0.29) is 11.0 Å². The molecule has 0 aliphatic carbocycles. The third-order valence-corrected chi connectivity index (χ3v) is 1.88. The molecule has 0 aromatic rings. The van der Waals surface area contributed by atoms with Gasteiger partial charge in [0.25, 0.3) is 0 Å². The van der Waals surface area contributed by atoms with Crippen LogP contribution in [0.1, 0.15) is 27.2 Å². The Morgan fingerprint density at radius 2 is 2.14 bits per heavy atom. The molecule has 0 rings (SSSR count). The van der Waals surface area contributed by atoms with E-state index in [1.54, 1.807) is 0 Å². The smallest absolute Gasteiger partial charge is 0.407 e. The quantitative estimate of drug-likeness (QED) is 0.685. The maximum Gasteiger partial charge on any atom is 0.407 e. The highest BCUT2D eigenvalue weighted by molar-refractivity contribution is 7.80. The monoisotopic (exact) mass is 218 g/mol. The number of nitrogens with two attached hydrogens (primary N) is 1. The largest absolute Gasteiger partial charge is 0.449 e. The number of carbonyl (C=O) groups excluding carboxylic acids is 1. The van der Waals surface area contributed by atoms with Crippen molar-refractivity contribution in [2.45, 2.75) is 33.2 Å². The second kappa shape index (κ2) is 6.59. The van der Waals surface area contributed by atoms with E-state index in [0.717, 1.165) is 0 Å². The van der Waals surface area contributed by atoms with Crippen LogP contribution in [-0.4, -0.2) is 23.7 Å². The number of ether oxygens (including phenoxy) is 1. The average Bonchev–Trinajstić information content (AvgIpc) is 2.10. The van der Waals surface area contributed by atoms with Crippen LogP contribution in [0.2, 0.25) is 0 Å². The molecular formula is C9H18N2O2S. The molecule has 3 N–H and O–H groups in total. The first kappa shape index (κ1) is 13.2. The average molecular weight is 218 g/mol. The van der Waals surface area contributed by atoms with Crippen LogP contribution in [0.4, 0.5) is 4.79 Å². The number of nitrogens with one attached hydrogen (secondary N) is 1. The molecule has 1 amide bonds. The number of rotatable bonds is 5. The van der Waals surface area contributed by atoms with E-state index in [2.05, 4.69) is 5.32 Å². The molecular weight excluding hydrogens is 200 g/mol. The molecule has 0 aliphatic heterocycles. The van der Waals surface area contributed by atoms with E-state index in [9.17, 15) is 4.79 Å². The Morgan fingerprint density at radius 3 is 2.50 bits per heavy atom. The van der Waals surface area contributed by atoms with Gasteiger partial charge in [-0.1, -0.05) is 33.0 Å². The van der Waals surface area contributed by atoms with Gasteiger partial charge in [0.05, 0.1) is 17.6 Å². The second-order valence-corrected chi connectivity index (χ2v) is 3.97. The van der Waals surface area contributed by atoms with Gasteiger partial charge in [-0.15, -0.1) is 0 Å². The van der Waals surface area contributed by atoms with Crippen molar-refractivity contribution in [2.75, 3.05) is 6.61 Å². The summed E-state index contributed by atoms with van der Waals surface area (Å²) >= 11 is 4.78. The van der Waals surface area contributed by atoms with E-state index in [1.165, 1.54) is 0 Å². The normalized spacial score (nSPS) is 12.3. The summed E-state index contributed by atoms with van der Waals surface area (Å²) in [5, 5.41) is 2.59. The molecule has 0 radical (unpaired) electrons. The van der Waals surface area contributed by atoms with Crippen LogP contribution in [0.3, 0.4) is 0 Å². The summed E-state index contributed by atoms with van der Waals surface area (Å²) in [7, 11) is 0. The Bertz CT molecular complexity index is 207. The maximum absolute atomic E-state index is 11.2. The van der Waals surface area contributed by atoms with Crippen molar-refractivity contribution in [3.63, 3.8) is 0 Å². The first-order valence-corrected chi connectivity index (χ1v) is 5.10. The van der Waals surface area contributed by atoms with E-state index >= 15 is 0 Å². The lowest BCUT2D eigenvalue weighted by Gasteiger charge is -2.15. The highest BCUT2D eigenvalue weighted by atomic mass is 32.1. The summed E-state index contributed by atoms with van der Waals surface area (Å²) in [6.07, 6.45) is 0.213. The topological polar surface area (TPSA) is 64.3 Å². The van der Waals surface area contributed by atoms with Crippen LogP contribution in [0, 0.1) is 5.92 Å². The van der Waals surface area contributed by atoms with Crippen molar-refractivity contribution in [1.29, 1.82) is 0 Å². The molecule has 0 aromatic heterocycles. The predicted molar refractivity (Wildman–Crippen MR) is 60.2 cm³/mol. The highest BCUT2D eigenvalue weighted by Gasteiger charge is 2.13. The van der Waals surface area contributed by atoms with Crippen LogP contribution in [0.25, 0.3) is 0 Å². The molecule has 0 heterocycles. The molecule has 0 fully saturated rings. The third kappa shape index (κ3) is 5.75. The summed E-state index contributed by atoms with van der Waals surface area (Å²) in [6, 6.07) is -0.273. The standard InChI is InChI=1S/C9H18N2O2S/c1-4-7(8(10)14)11-9(12)13-5-6(2)3/h6-7H,4-5H2,1-3H3,(H2,10,14)(H,11,12). The number of amides is 1. The predicted octanol–water partition coefficient (Wildman–Crippen LogP) is 1.43. The molecule has 0 spiro atoms. The zero-order valence-electron chi connectivity index (χ0n) is 8.87. The van der Waals surface area contributed by atoms with Crippen LogP contribution >= 0.6 is 12.2 Å². The highest BCUT2D eigenvalue weighted by Crippen LogP contribution is 1.95. The lowest BCUT2D eigenvalue weighted by molar-refractivity contribution is 0.131. The molecule has 4 nitrogen and oxygen atoms in total. The SMILES string of the molecule is CCC(NC(=O)OCC(C)C)C(N)=S. The molecule has 0 saturated carbocycles. The van der Waals surface area contributed by atoms with Gasteiger partial charge in [-0.3, -0.25) is 0 Å². The summed E-state index contributed by atoms with van der Waals surface area (Å²) in [4.78, 5) is 11.5. The molecule has 0 bridgehead atoms. The first-order valence-electron chi connectivity index (χ1n) is 4.70. The lowest BCUT2D eigenvalue weighted by atomic mass is 10.2. The molecule has 82 valence electrons. The minimum absolute atomic E-state index is 0.273. The van der Waals surface area contributed by atoms with Crippen molar-refractivity contribution in [1.82, 2.24) is 5.32 Å². The number of alkyl carbamates (subject to hydrolysis) is 1. The fourth-order valence-corrected chi connectivity index (χ4v) is 1.03. The Hall–Kier alpha value is -0.840. The number of thiocarbonyl (C=S) groups is 1. The molecule has 0 saturated heterocycles. The summed E-state index contributed by atoms with van der Waals surface area (Å²) in [5.74, 6) is 0.325. The van der Waals surface area contributed by atoms with Crippen LogP contribution in [-0.2, 0) is 4.74 Å². The van der Waals surface area contributed by atoms with Gasteiger partial charge in [0.15, 0.2) is 0 Å². The molecule has 0 aliphatic rings. The van der Waals surface area contributed by atoms with Crippen molar-refractivity contribution >= 4 is 23.3 Å². The fourth-order valence-electron chi connectivity index (χ4n) is 0.801. The van der Waals surface area contributed by atoms with E-state index < -0.39 is 6.09 Å². The fraction of sp³-hybridized carbons (Fsp3) is 0.778. The van der Waals surface area contributed by atoms with Crippen LogP contribution in [0.15, 0.2) is 0 Å². The van der Waals surface area contributed by atoms with Gasteiger partial charge in [-0.05, 0) is 12.3 Å². The lowest BCUT2D eigenvalue weighted by Crippen LogP contribution is -2.43. The zero-order chi connectivity index (χ0) is 11.1. The Balaban J connectivity index is 3.85. The molecule has 0 aromatic carbocycles. The van der Waals surface area contributed by atoms with E-state index in [1.807, 2.05) is 20.8 Å².